The van der Waals surface area contributed by atoms with Gasteiger partial charge in [0.25, 0.3) is 5.91 Å². The van der Waals surface area contributed by atoms with Crippen LogP contribution in [0.25, 0.3) is 0 Å². The molecule has 1 saturated heterocycles. The summed E-state index contributed by atoms with van der Waals surface area (Å²) in [5, 5.41) is 2.91. The minimum Gasteiger partial charge on any atom is -0.496 e. The molecule has 0 aliphatic carbocycles. The molecule has 1 unspecified atom stereocenters. The van der Waals surface area contributed by atoms with Crippen LogP contribution in [0.4, 0.5) is 4.39 Å². The third-order valence-electron chi connectivity index (χ3n) is 4.96. The first kappa shape index (κ1) is 19.8. The molecule has 3 rings (SSSR count). The average Bonchev–Trinajstić information content (AvgIpc) is 2.69. The fraction of sp³-hybridized carbons (Fsp3) is 0.381. The summed E-state index contributed by atoms with van der Waals surface area (Å²) in [7, 11) is 1.65. The zero-order valence-corrected chi connectivity index (χ0v) is 17.0. The molecule has 0 radical (unpaired) electrons. The number of carbonyl (C=O) groups is 1. The number of benzene rings is 2. The summed E-state index contributed by atoms with van der Waals surface area (Å²) in [5.74, 6) is -0.136. The zero-order chi connectivity index (χ0) is 19.2. The number of nitrogens with one attached hydrogen (secondary N) is 1. The second-order valence-corrected chi connectivity index (χ2v) is 7.60. The molecule has 1 fully saturated rings. The van der Waals surface area contributed by atoms with Crippen LogP contribution in [0.15, 0.2) is 46.9 Å². The number of piperidine rings is 1. The Balaban J connectivity index is 1.80. The summed E-state index contributed by atoms with van der Waals surface area (Å²) >= 11 is 3.21. The first-order valence-corrected chi connectivity index (χ1v) is 9.99. The van der Waals surface area contributed by atoms with Gasteiger partial charge >= 0.3 is 0 Å². The van der Waals surface area contributed by atoms with Crippen LogP contribution >= 0.6 is 15.9 Å². The van der Waals surface area contributed by atoms with Gasteiger partial charge in [0.15, 0.2) is 0 Å². The van der Waals surface area contributed by atoms with Gasteiger partial charge in [0, 0.05) is 16.6 Å². The Labute approximate surface area is 167 Å². The third-order valence-corrected chi connectivity index (χ3v) is 5.45. The van der Waals surface area contributed by atoms with Gasteiger partial charge in [-0.15, -0.1) is 0 Å². The molecule has 0 saturated carbocycles. The molecule has 144 valence electrons. The van der Waals surface area contributed by atoms with E-state index in [-0.39, 0.29) is 11.6 Å². The van der Waals surface area contributed by atoms with Gasteiger partial charge in [-0.05, 0) is 50.2 Å². The number of carbonyl (C=O) groups excluding carboxylic acids is 1. The number of methoxy groups -OCH3 is 1. The normalized spacial score (nSPS) is 16.0. The standard InChI is InChI=1S/C21H24BrFN2O2/c1-27-20-8-4-3-7-17(20)19(25-11-5-2-6-12-25)14-24-21(26)16-10-9-15(22)13-18(16)23/h3-4,7-10,13,19H,2,5-6,11-12,14H2,1H3,(H,24,26). The predicted molar refractivity (Wildman–Crippen MR) is 108 cm³/mol. The maximum absolute atomic E-state index is 14.1. The van der Waals surface area contributed by atoms with Crippen molar-refractivity contribution in [1.82, 2.24) is 10.2 Å². The Bertz CT molecular complexity index is 794. The first-order valence-electron chi connectivity index (χ1n) is 9.20. The summed E-state index contributed by atoms with van der Waals surface area (Å²) in [4.78, 5) is 14.9. The van der Waals surface area contributed by atoms with Crippen molar-refractivity contribution in [2.45, 2.75) is 25.3 Å². The number of amides is 1. The summed E-state index contributed by atoms with van der Waals surface area (Å²) in [6.07, 6.45) is 3.51. The van der Waals surface area contributed by atoms with E-state index in [9.17, 15) is 9.18 Å². The number of hydrogen-bond acceptors (Lipinski definition) is 3. The molecule has 1 N–H and O–H groups in total. The van der Waals surface area contributed by atoms with Crippen molar-refractivity contribution < 1.29 is 13.9 Å². The molecule has 0 bridgehead atoms. The lowest BCUT2D eigenvalue weighted by Gasteiger charge is -2.35. The van der Waals surface area contributed by atoms with E-state index in [4.69, 9.17) is 4.74 Å². The molecule has 1 aliphatic rings. The van der Waals surface area contributed by atoms with Crippen LogP contribution in [0.3, 0.4) is 0 Å². The summed E-state index contributed by atoms with van der Waals surface area (Å²) in [5.41, 5.74) is 1.09. The van der Waals surface area contributed by atoms with Crippen molar-refractivity contribution in [2.24, 2.45) is 0 Å². The van der Waals surface area contributed by atoms with E-state index >= 15 is 0 Å². The van der Waals surface area contributed by atoms with E-state index in [0.717, 1.165) is 37.2 Å². The van der Waals surface area contributed by atoms with Gasteiger partial charge in [0.2, 0.25) is 0 Å². The van der Waals surface area contributed by atoms with E-state index < -0.39 is 11.7 Å². The van der Waals surface area contributed by atoms with E-state index in [1.807, 2.05) is 24.3 Å². The van der Waals surface area contributed by atoms with Crippen molar-refractivity contribution in [3.63, 3.8) is 0 Å². The molecular formula is C21H24BrFN2O2. The van der Waals surface area contributed by atoms with Gasteiger partial charge in [-0.1, -0.05) is 40.5 Å². The lowest BCUT2D eigenvalue weighted by molar-refractivity contribution is 0.0919. The number of rotatable bonds is 6. The molecule has 0 aromatic heterocycles. The van der Waals surface area contributed by atoms with Gasteiger partial charge in [-0.25, -0.2) is 4.39 Å². The molecule has 6 heteroatoms. The van der Waals surface area contributed by atoms with Crippen LogP contribution < -0.4 is 10.1 Å². The number of nitrogens with zero attached hydrogens (tertiary/aromatic N) is 1. The Morgan fingerprint density at radius 2 is 1.96 bits per heavy atom. The molecule has 27 heavy (non-hydrogen) atoms. The number of hydrogen-bond donors (Lipinski definition) is 1. The Hall–Kier alpha value is -1.92. The highest BCUT2D eigenvalue weighted by atomic mass is 79.9. The average molecular weight is 435 g/mol. The maximum atomic E-state index is 14.1. The topological polar surface area (TPSA) is 41.6 Å². The number of halogens is 2. The zero-order valence-electron chi connectivity index (χ0n) is 15.4. The second kappa shape index (κ2) is 9.33. The summed E-state index contributed by atoms with van der Waals surface area (Å²) in [6, 6.07) is 12.3. The van der Waals surface area contributed by atoms with Crippen LogP contribution in [0.5, 0.6) is 5.75 Å². The molecule has 0 spiro atoms. The highest BCUT2D eigenvalue weighted by Crippen LogP contribution is 2.31. The Morgan fingerprint density at radius 3 is 2.67 bits per heavy atom. The van der Waals surface area contributed by atoms with Crippen LogP contribution in [0.1, 0.15) is 41.2 Å². The van der Waals surface area contributed by atoms with Crippen molar-refractivity contribution in [3.05, 3.63) is 63.9 Å². The maximum Gasteiger partial charge on any atom is 0.254 e. The van der Waals surface area contributed by atoms with E-state index in [0.29, 0.717) is 11.0 Å². The lowest BCUT2D eigenvalue weighted by Crippen LogP contribution is -2.41. The fourth-order valence-electron chi connectivity index (χ4n) is 3.57. The highest BCUT2D eigenvalue weighted by molar-refractivity contribution is 9.10. The van der Waals surface area contributed by atoms with Gasteiger partial charge in [-0.3, -0.25) is 9.69 Å². The minimum absolute atomic E-state index is 0.0103. The monoisotopic (exact) mass is 434 g/mol. The van der Waals surface area contributed by atoms with Gasteiger partial charge in [0.05, 0.1) is 18.7 Å². The molecular weight excluding hydrogens is 411 g/mol. The molecule has 1 aliphatic heterocycles. The van der Waals surface area contributed by atoms with E-state index in [1.165, 1.54) is 18.6 Å². The van der Waals surface area contributed by atoms with Crippen LogP contribution in [0.2, 0.25) is 0 Å². The second-order valence-electron chi connectivity index (χ2n) is 6.69. The summed E-state index contributed by atoms with van der Waals surface area (Å²) < 4.78 is 20.2. The molecule has 2 aromatic rings. The van der Waals surface area contributed by atoms with Crippen molar-refractivity contribution in [3.8, 4) is 5.75 Å². The van der Waals surface area contributed by atoms with Crippen LogP contribution in [0, 0.1) is 5.82 Å². The van der Waals surface area contributed by atoms with Crippen LogP contribution in [-0.2, 0) is 0 Å². The molecule has 1 amide bonds. The van der Waals surface area contributed by atoms with E-state index in [1.54, 1.807) is 13.2 Å². The van der Waals surface area contributed by atoms with Gasteiger partial charge in [0.1, 0.15) is 11.6 Å². The number of likely N-dealkylation sites (tertiary alicyclic amines) is 1. The number of ether oxygens (including phenoxy) is 1. The largest absolute Gasteiger partial charge is 0.496 e. The highest BCUT2D eigenvalue weighted by Gasteiger charge is 2.25. The minimum atomic E-state index is -0.534. The SMILES string of the molecule is COc1ccccc1C(CNC(=O)c1ccc(Br)cc1F)N1CCCCC1. The Morgan fingerprint density at radius 1 is 1.22 bits per heavy atom. The first-order chi connectivity index (χ1) is 13.1. The summed E-state index contributed by atoms with van der Waals surface area (Å²) in [6.45, 7) is 2.35. The third kappa shape index (κ3) is 4.87. The van der Waals surface area contributed by atoms with Gasteiger partial charge < -0.3 is 10.1 Å². The quantitative estimate of drug-likeness (QED) is 0.724. The lowest BCUT2D eigenvalue weighted by atomic mass is 10.0. The van der Waals surface area contributed by atoms with Crippen molar-refractivity contribution in [2.75, 3.05) is 26.7 Å². The molecule has 2 aromatic carbocycles. The molecule has 1 atom stereocenters. The van der Waals surface area contributed by atoms with E-state index in [2.05, 4.69) is 26.1 Å². The predicted octanol–water partition coefficient (Wildman–Crippen LogP) is 4.55. The number of para-hydroxylation sites is 1. The van der Waals surface area contributed by atoms with Crippen LogP contribution in [-0.4, -0.2) is 37.6 Å². The smallest absolute Gasteiger partial charge is 0.254 e. The Kier molecular flexibility index (Phi) is 6.85. The van der Waals surface area contributed by atoms with Crippen molar-refractivity contribution in [1.29, 1.82) is 0 Å². The van der Waals surface area contributed by atoms with Crippen molar-refractivity contribution >= 4 is 21.8 Å². The van der Waals surface area contributed by atoms with Gasteiger partial charge in [-0.2, -0.15) is 0 Å². The molecule has 1 heterocycles. The molecule has 4 nitrogen and oxygen atoms in total. The fourth-order valence-corrected chi connectivity index (χ4v) is 3.90.